The van der Waals surface area contributed by atoms with E-state index in [4.69, 9.17) is 0 Å². The molecule has 110 valence electrons. The van der Waals surface area contributed by atoms with Crippen LogP contribution in [0, 0.1) is 13.8 Å². The summed E-state index contributed by atoms with van der Waals surface area (Å²) in [6, 6.07) is 6.03. The summed E-state index contributed by atoms with van der Waals surface area (Å²) in [4.78, 5) is 16.4. The van der Waals surface area contributed by atoms with E-state index in [1.54, 1.807) is 0 Å². The van der Waals surface area contributed by atoms with E-state index >= 15 is 0 Å². The van der Waals surface area contributed by atoms with Gasteiger partial charge in [0.2, 0.25) is 11.1 Å². The third-order valence-electron chi connectivity index (χ3n) is 3.45. The number of hydrogen-bond acceptors (Lipinski definition) is 4. The van der Waals surface area contributed by atoms with E-state index in [1.807, 2.05) is 32.0 Å². The van der Waals surface area contributed by atoms with Gasteiger partial charge in [-0.05, 0) is 43.9 Å². The van der Waals surface area contributed by atoms with Crippen LogP contribution in [0.25, 0.3) is 0 Å². The lowest BCUT2D eigenvalue weighted by Gasteiger charge is -2.08. The Kier molecular flexibility index (Phi) is 3.96. The van der Waals surface area contributed by atoms with Gasteiger partial charge in [0.25, 0.3) is 0 Å². The Morgan fingerprint density at radius 2 is 2.24 bits per heavy atom. The first-order chi connectivity index (χ1) is 10.1. The van der Waals surface area contributed by atoms with E-state index in [9.17, 15) is 4.79 Å². The van der Waals surface area contributed by atoms with Crippen LogP contribution in [0.3, 0.4) is 0 Å². The van der Waals surface area contributed by atoms with Crippen molar-refractivity contribution >= 4 is 23.4 Å². The molecule has 0 radical (unpaired) electrons. The van der Waals surface area contributed by atoms with Gasteiger partial charge in [0.15, 0.2) is 0 Å². The Morgan fingerprint density at radius 1 is 1.43 bits per heavy atom. The molecular weight excluding hydrogens is 284 g/mol. The second-order valence-corrected chi connectivity index (χ2v) is 6.38. The molecule has 1 saturated carbocycles. The number of hydrogen-bond donors (Lipinski definition) is 2. The summed E-state index contributed by atoms with van der Waals surface area (Å²) in [6.07, 6.45) is 2.37. The maximum Gasteiger partial charge on any atom is 0.234 e. The third-order valence-corrected chi connectivity index (χ3v) is 4.29. The van der Waals surface area contributed by atoms with E-state index in [0.29, 0.717) is 16.8 Å². The topological polar surface area (TPSA) is 70.7 Å². The molecule has 5 nitrogen and oxygen atoms in total. The number of thioether (sulfide) groups is 1. The number of nitrogens with one attached hydrogen (secondary N) is 2. The molecule has 0 aliphatic heterocycles. The lowest BCUT2D eigenvalue weighted by atomic mass is 10.1. The number of amides is 1. The molecule has 1 fully saturated rings. The maximum atomic E-state index is 12.0. The summed E-state index contributed by atoms with van der Waals surface area (Å²) in [6.45, 7) is 4.00. The van der Waals surface area contributed by atoms with E-state index in [0.717, 1.165) is 22.6 Å². The average molecular weight is 302 g/mol. The molecule has 0 unspecified atom stereocenters. The minimum absolute atomic E-state index is 0.0357. The van der Waals surface area contributed by atoms with Crippen LogP contribution >= 0.6 is 11.8 Å². The molecule has 6 heteroatoms. The highest BCUT2D eigenvalue weighted by molar-refractivity contribution is 7.99. The second-order valence-electron chi connectivity index (χ2n) is 5.43. The zero-order valence-corrected chi connectivity index (χ0v) is 13.0. The van der Waals surface area contributed by atoms with Crippen molar-refractivity contribution in [1.82, 2.24) is 15.2 Å². The molecule has 0 saturated heterocycles. The van der Waals surface area contributed by atoms with Crippen molar-refractivity contribution in [3.8, 4) is 0 Å². The number of nitrogens with zero attached hydrogens (tertiary/aromatic N) is 2. The number of aromatic amines is 1. The lowest BCUT2D eigenvalue weighted by molar-refractivity contribution is -0.113. The van der Waals surface area contributed by atoms with Crippen LogP contribution in [-0.4, -0.2) is 26.8 Å². The Morgan fingerprint density at radius 3 is 3.00 bits per heavy atom. The Bertz CT molecular complexity index is 663. The highest BCUT2D eigenvalue weighted by atomic mass is 32.2. The maximum absolute atomic E-state index is 12.0. The molecule has 0 spiro atoms. The molecule has 1 aliphatic carbocycles. The number of H-pyrrole nitrogens is 1. The van der Waals surface area contributed by atoms with Crippen molar-refractivity contribution < 1.29 is 4.79 Å². The summed E-state index contributed by atoms with van der Waals surface area (Å²) in [5.74, 6) is 1.78. The van der Waals surface area contributed by atoms with Crippen LogP contribution in [0.4, 0.5) is 5.69 Å². The Hall–Kier alpha value is -1.82. The molecule has 1 aromatic carbocycles. The van der Waals surface area contributed by atoms with E-state index in [1.165, 1.54) is 24.6 Å². The molecule has 0 atom stereocenters. The van der Waals surface area contributed by atoms with Gasteiger partial charge in [-0.1, -0.05) is 23.9 Å². The van der Waals surface area contributed by atoms with Gasteiger partial charge in [-0.3, -0.25) is 9.89 Å². The van der Waals surface area contributed by atoms with Gasteiger partial charge in [0.1, 0.15) is 5.82 Å². The number of carbonyl (C=O) groups excluding carboxylic acids is 1. The van der Waals surface area contributed by atoms with Crippen LogP contribution < -0.4 is 5.32 Å². The van der Waals surface area contributed by atoms with Crippen LogP contribution in [0.2, 0.25) is 0 Å². The molecule has 2 aromatic rings. The van der Waals surface area contributed by atoms with Crippen LogP contribution in [0.5, 0.6) is 0 Å². The number of aromatic nitrogens is 3. The Labute approximate surface area is 127 Å². The Balaban J connectivity index is 1.54. The van der Waals surface area contributed by atoms with Crippen molar-refractivity contribution in [2.75, 3.05) is 11.1 Å². The molecular formula is C15H18N4OS. The minimum atomic E-state index is -0.0357. The predicted molar refractivity (Wildman–Crippen MR) is 83.6 cm³/mol. The normalized spacial score (nSPS) is 14.2. The fraction of sp³-hybridized carbons (Fsp3) is 0.400. The molecule has 1 amide bonds. The van der Waals surface area contributed by atoms with Gasteiger partial charge in [0.05, 0.1) is 5.75 Å². The number of benzene rings is 1. The number of anilines is 1. The van der Waals surface area contributed by atoms with Gasteiger partial charge in [-0.25, -0.2) is 4.98 Å². The molecule has 21 heavy (non-hydrogen) atoms. The van der Waals surface area contributed by atoms with Crippen molar-refractivity contribution in [2.45, 2.75) is 37.8 Å². The van der Waals surface area contributed by atoms with Crippen LogP contribution in [-0.2, 0) is 4.79 Å². The summed E-state index contributed by atoms with van der Waals surface area (Å²) in [5, 5.41) is 10.7. The summed E-state index contributed by atoms with van der Waals surface area (Å²) >= 11 is 1.36. The predicted octanol–water partition coefficient (Wildman–Crippen LogP) is 3.03. The number of aryl methyl sites for hydroxylation is 2. The third kappa shape index (κ3) is 3.64. The van der Waals surface area contributed by atoms with E-state index in [-0.39, 0.29) is 5.91 Å². The lowest BCUT2D eigenvalue weighted by Crippen LogP contribution is -2.15. The zero-order chi connectivity index (χ0) is 14.8. The SMILES string of the molecule is Cc1ccc(C)c(NC(=O)CSc2n[nH]c(C3CC3)n2)c1. The largest absolute Gasteiger partial charge is 0.325 e. The van der Waals surface area contributed by atoms with Crippen LogP contribution in [0.15, 0.2) is 23.4 Å². The van der Waals surface area contributed by atoms with E-state index < -0.39 is 0 Å². The molecule has 0 bridgehead atoms. The van der Waals surface area contributed by atoms with Crippen LogP contribution in [0.1, 0.15) is 35.7 Å². The smallest absolute Gasteiger partial charge is 0.234 e. The molecule has 1 aliphatic rings. The van der Waals surface area contributed by atoms with Crippen molar-refractivity contribution in [3.63, 3.8) is 0 Å². The van der Waals surface area contributed by atoms with Gasteiger partial charge in [-0.2, -0.15) is 0 Å². The van der Waals surface area contributed by atoms with Gasteiger partial charge >= 0.3 is 0 Å². The molecule has 2 N–H and O–H groups in total. The summed E-state index contributed by atoms with van der Waals surface area (Å²) < 4.78 is 0. The van der Waals surface area contributed by atoms with Crippen molar-refractivity contribution in [1.29, 1.82) is 0 Å². The second kappa shape index (κ2) is 5.89. The van der Waals surface area contributed by atoms with Gasteiger partial charge < -0.3 is 5.32 Å². The van der Waals surface area contributed by atoms with Crippen molar-refractivity contribution in [3.05, 3.63) is 35.2 Å². The monoisotopic (exact) mass is 302 g/mol. The number of carbonyl (C=O) groups is 1. The zero-order valence-electron chi connectivity index (χ0n) is 12.1. The summed E-state index contributed by atoms with van der Waals surface area (Å²) in [7, 11) is 0. The highest BCUT2D eigenvalue weighted by Crippen LogP contribution is 2.38. The quantitative estimate of drug-likeness (QED) is 0.833. The molecule has 3 rings (SSSR count). The fourth-order valence-electron chi connectivity index (χ4n) is 2.05. The van der Waals surface area contributed by atoms with E-state index in [2.05, 4.69) is 20.5 Å². The molecule has 1 heterocycles. The standard InChI is InChI=1S/C15H18N4OS/c1-9-3-4-10(2)12(7-9)16-13(20)8-21-15-17-14(18-19-15)11-5-6-11/h3-4,7,11H,5-6,8H2,1-2H3,(H,16,20)(H,17,18,19). The first kappa shape index (κ1) is 14.1. The molecule has 1 aromatic heterocycles. The number of rotatable bonds is 5. The minimum Gasteiger partial charge on any atom is -0.325 e. The summed E-state index contributed by atoms with van der Waals surface area (Å²) in [5.41, 5.74) is 3.06. The first-order valence-corrected chi connectivity index (χ1v) is 8.02. The average Bonchev–Trinajstić information content (AvgIpc) is 3.20. The highest BCUT2D eigenvalue weighted by Gasteiger charge is 2.27. The first-order valence-electron chi connectivity index (χ1n) is 7.04. The van der Waals surface area contributed by atoms with Gasteiger partial charge in [-0.15, -0.1) is 5.10 Å². The van der Waals surface area contributed by atoms with Crippen molar-refractivity contribution in [2.24, 2.45) is 0 Å². The fourth-order valence-corrected chi connectivity index (χ4v) is 2.65. The van der Waals surface area contributed by atoms with Gasteiger partial charge in [0, 0.05) is 11.6 Å².